The molecule has 0 spiro atoms. The Balaban J connectivity index is 1.45. The van der Waals surface area contributed by atoms with E-state index in [0.29, 0.717) is 17.1 Å². The van der Waals surface area contributed by atoms with Crippen molar-refractivity contribution in [1.82, 2.24) is 21.0 Å². The van der Waals surface area contributed by atoms with Crippen molar-refractivity contribution in [2.24, 2.45) is 0 Å². The second-order valence-electron chi connectivity index (χ2n) is 6.29. The zero-order valence-electron chi connectivity index (χ0n) is 14.9. The van der Waals surface area contributed by atoms with E-state index in [-0.39, 0.29) is 5.91 Å². The van der Waals surface area contributed by atoms with Crippen LogP contribution in [0.4, 0.5) is 0 Å². The van der Waals surface area contributed by atoms with E-state index in [1.807, 2.05) is 48.5 Å². The number of nitrogens with zero attached hydrogens (tertiary/aromatic N) is 1. The van der Waals surface area contributed by atoms with Gasteiger partial charge in [-0.05, 0) is 40.6 Å². The Morgan fingerprint density at radius 1 is 0.929 bits per heavy atom. The first-order chi connectivity index (χ1) is 13.6. The van der Waals surface area contributed by atoms with Gasteiger partial charge in [-0.2, -0.15) is 5.10 Å². The number of hydrazine groups is 1. The molecule has 5 nitrogen and oxygen atoms in total. The fourth-order valence-electron chi connectivity index (χ4n) is 2.86. The molecule has 4 aromatic rings. The minimum absolute atomic E-state index is 0.321. The van der Waals surface area contributed by atoms with Crippen LogP contribution in [0.5, 0.6) is 0 Å². The third-order valence-corrected chi connectivity index (χ3v) is 4.92. The monoisotopic (exact) mass is 432 g/mol. The molecule has 1 aromatic heterocycles. The van der Waals surface area contributed by atoms with Gasteiger partial charge in [-0.3, -0.25) is 20.7 Å². The molecule has 3 aromatic carbocycles. The van der Waals surface area contributed by atoms with Gasteiger partial charge in [-0.15, -0.1) is 0 Å². The summed E-state index contributed by atoms with van der Waals surface area (Å²) in [7, 11) is 0. The Hall–Kier alpha value is -3.38. The highest BCUT2D eigenvalue weighted by Crippen LogP contribution is 2.23. The van der Waals surface area contributed by atoms with Gasteiger partial charge in [-0.1, -0.05) is 71.0 Å². The van der Waals surface area contributed by atoms with Crippen LogP contribution < -0.4 is 10.9 Å². The van der Waals surface area contributed by atoms with Gasteiger partial charge in [0.15, 0.2) is 0 Å². The lowest BCUT2D eigenvalue weighted by atomic mass is 10.1. The van der Waals surface area contributed by atoms with Crippen molar-refractivity contribution in [1.29, 1.82) is 0 Å². The molecule has 0 atom stereocenters. The van der Waals surface area contributed by atoms with E-state index in [0.717, 1.165) is 26.4 Å². The average molecular weight is 433 g/mol. The van der Waals surface area contributed by atoms with Crippen molar-refractivity contribution in [3.8, 4) is 11.3 Å². The van der Waals surface area contributed by atoms with Crippen LogP contribution in [0.15, 0.2) is 83.8 Å². The van der Waals surface area contributed by atoms with E-state index in [2.05, 4.69) is 61.8 Å². The van der Waals surface area contributed by atoms with Crippen LogP contribution in [0, 0.1) is 0 Å². The van der Waals surface area contributed by atoms with Crippen molar-refractivity contribution in [3.05, 3.63) is 95.1 Å². The van der Waals surface area contributed by atoms with E-state index < -0.39 is 0 Å². The van der Waals surface area contributed by atoms with E-state index in [9.17, 15) is 4.79 Å². The summed E-state index contributed by atoms with van der Waals surface area (Å²) < 4.78 is 0.978. The number of amides is 1. The smallest absolute Gasteiger partial charge is 0.287 e. The Bertz CT molecular complexity index is 1160. The number of fused-ring (bicyclic) bond motifs is 1. The van der Waals surface area contributed by atoms with Crippen molar-refractivity contribution in [3.63, 3.8) is 0 Å². The molecule has 1 amide bonds. The highest BCUT2D eigenvalue weighted by molar-refractivity contribution is 9.10. The minimum Gasteiger partial charge on any atom is -0.298 e. The molecule has 0 aliphatic heterocycles. The molecule has 138 valence electrons. The molecule has 0 unspecified atom stereocenters. The van der Waals surface area contributed by atoms with E-state index in [1.165, 1.54) is 0 Å². The molecule has 0 aliphatic carbocycles. The number of halogens is 1. The van der Waals surface area contributed by atoms with Gasteiger partial charge in [-0.25, -0.2) is 0 Å². The van der Waals surface area contributed by atoms with Crippen molar-refractivity contribution in [2.45, 2.75) is 0 Å². The predicted molar refractivity (Wildman–Crippen MR) is 115 cm³/mol. The molecule has 1 heterocycles. The third-order valence-electron chi connectivity index (χ3n) is 4.39. The summed E-state index contributed by atoms with van der Waals surface area (Å²) in [6.07, 6.45) is 0. The average Bonchev–Trinajstić information content (AvgIpc) is 3.22. The van der Waals surface area contributed by atoms with Crippen LogP contribution in [0.3, 0.4) is 0 Å². The van der Waals surface area contributed by atoms with Gasteiger partial charge in [0.25, 0.3) is 5.91 Å². The van der Waals surface area contributed by atoms with Crippen LogP contribution in [-0.2, 0) is 0 Å². The van der Waals surface area contributed by atoms with Crippen LogP contribution in [-0.4, -0.2) is 16.1 Å². The second-order valence-corrected chi connectivity index (χ2v) is 7.21. The van der Waals surface area contributed by atoms with Gasteiger partial charge in [0, 0.05) is 10.0 Å². The largest absolute Gasteiger partial charge is 0.298 e. The number of H-pyrrole nitrogens is 1. The molecular weight excluding hydrogens is 416 g/mol. The first-order valence-corrected chi connectivity index (χ1v) is 9.45. The van der Waals surface area contributed by atoms with Crippen molar-refractivity contribution >= 4 is 38.3 Å². The number of hydrogen-bond donors (Lipinski definition) is 3. The molecule has 6 heteroatoms. The van der Waals surface area contributed by atoms with Crippen LogP contribution in [0.1, 0.15) is 16.1 Å². The maximum atomic E-state index is 12.4. The van der Waals surface area contributed by atoms with Gasteiger partial charge < -0.3 is 0 Å². The number of aromatic amines is 1. The summed E-state index contributed by atoms with van der Waals surface area (Å²) >= 11 is 3.39. The van der Waals surface area contributed by atoms with Crippen molar-refractivity contribution in [2.75, 3.05) is 0 Å². The number of benzene rings is 3. The van der Waals surface area contributed by atoms with Gasteiger partial charge in [0.2, 0.25) is 0 Å². The van der Waals surface area contributed by atoms with Gasteiger partial charge in [0.05, 0.1) is 11.4 Å². The van der Waals surface area contributed by atoms with Crippen LogP contribution in [0.2, 0.25) is 0 Å². The first kappa shape index (κ1) is 18.0. The molecule has 0 bridgehead atoms. The standard InChI is InChI=1S/C22H17BrN4O/c1-14(15-8-10-19(23)11-9-15)24-27-22(28)21-13-20(25-26-21)18-7-6-16-4-2-3-5-17(16)12-18/h2-13,24H,1H2,(H,25,26)(H,27,28). The minimum atomic E-state index is -0.321. The summed E-state index contributed by atoms with van der Waals surface area (Å²) in [5, 5.41) is 9.34. The molecule has 4 rings (SSSR count). The van der Waals surface area contributed by atoms with E-state index >= 15 is 0 Å². The predicted octanol–water partition coefficient (Wildman–Crippen LogP) is 4.90. The van der Waals surface area contributed by atoms with Crippen LogP contribution >= 0.6 is 15.9 Å². The Morgan fingerprint density at radius 2 is 1.68 bits per heavy atom. The molecule has 0 aliphatic rings. The summed E-state index contributed by atoms with van der Waals surface area (Å²) in [6.45, 7) is 3.94. The Morgan fingerprint density at radius 3 is 2.46 bits per heavy atom. The SMILES string of the molecule is C=C(NNC(=O)c1cc(-c2ccc3ccccc3c2)n[nH]1)c1ccc(Br)cc1. The number of nitrogens with one attached hydrogen (secondary N) is 3. The maximum absolute atomic E-state index is 12.4. The first-order valence-electron chi connectivity index (χ1n) is 8.66. The zero-order chi connectivity index (χ0) is 19.5. The van der Waals surface area contributed by atoms with Crippen LogP contribution in [0.25, 0.3) is 27.7 Å². The zero-order valence-corrected chi connectivity index (χ0v) is 16.5. The second kappa shape index (κ2) is 7.70. The summed E-state index contributed by atoms with van der Waals surface area (Å²) in [5.41, 5.74) is 8.96. The number of rotatable bonds is 5. The molecule has 3 N–H and O–H groups in total. The Labute approximate surface area is 170 Å². The van der Waals surface area contributed by atoms with Gasteiger partial charge in [0.1, 0.15) is 5.69 Å². The quantitative estimate of drug-likeness (QED) is 0.392. The third kappa shape index (κ3) is 3.82. The molecule has 28 heavy (non-hydrogen) atoms. The van der Waals surface area contributed by atoms with E-state index in [4.69, 9.17) is 0 Å². The summed E-state index contributed by atoms with van der Waals surface area (Å²) in [4.78, 5) is 12.4. The lowest BCUT2D eigenvalue weighted by Gasteiger charge is -2.10. The lowest BCUT2D eigenvalue weighted by Crippen LogP contribution is -2.36. The van der Waals surface area contributed by atoms with Crippen molar-refractivity contribution < 1.29 is 4.79 Å². The lowest BCUT2D eigenvalue weighted by molar-refractivity contribution is 0.0937. The molecule has 0 radical (unpaired) electrons. The normalized spacial score (nSPS) is 10.6. The summed E-state index contributed by atoms with van der Waals surface area (Å²) in [6, 6.07) is 23.6. The summed E-state index contributed by atoms with van der Waals surface area (Å²) in [5.74, 6) is -0.321. The fraction of sp³-hybridized carbons (Fsp3) is 0. The number of carbonyl (C=O) groups is 1. The molecule has 0 saturated carbocycles. The highest BCUT2D eigenvalue weighted by Gasteiger charge is 2.11. The highest BCUT2D eigenvalue weighted by atomic mass is 79.9. The molecular formula is C22H17BrN4O. The topological polar surface area (TPSA) is 69.8 Å². The number of aromatic nitrogens is 2. The maximum Gasteiger partial charge on any atom is 0.287 e. The fourth-order valence-corrected chi connectivity index (χ4v) is 3.12. The number of carbonyl (C=O) groups excluding carboxylic acids is 1. The van der Waals surface area contributed by atoms with Gasteiger partial charge >= 0.3 is 0 Å². The number of hydrogen-bond acceptors (Lipinski definition) is 3. The Kier molecular flexibility index (Phi) is 4.95. The molecule has 0 fully saturated rings. The van der Waals surface area contributed by atoms with E-state index in [1.54, 1.807) is 6.07 Å². The molecule has 0 saturated heterocycles.